The molecule has 0 aliphatic heterocycles. The number of rotatable bonds is 6. The zero-order chi connectivity index (χ0) is 16.4. The molecule has 0 saturated carbocycles. The minimum Gasteiger partial charge on any atom is -0.481 e. The Kier molecular flexibility index (Phi) is 6.54. The SMILES string of the molecule is Cl.O=C(O)CCSSc1nccn1C1Cc2ccc(F)c(F)c2C1. The molecular formula is C15H15ClF2N2O2S2. The summed E-state index contributed by atoms with van der Waals surface area (Å²) in [6.07, 6.45) is 4.65. The second kappa shape index (κ2) is 8.22. The third kappa shape index (κ3) is 4.04. The quantitative estimate of drug-likeness (QED) is 0.591. The Morgan fingerprint density at radius 3 is 2.92 bits per heavy atom. The first-order chi connectivity index (χ1) is 11.1. The van der Waals surface area contributed by atoms with Gasteiger partial charge in [0.2, 0.25) is 0 Å². The van der Waals surface area contributed by atoms with Gasteiger partial charge in [0.25, 0.3) is 0 Å². The Hall–Kier alpha value is -1.25. The maximum absolute atomic E-state index is 13.9. The Morgan fingerprint density at radius 1 is 1.38 bits per heavy atom. The van der Waals surface area contributed by atoms with E-state index in [-0.39, 0.29) is 24.9 Å². The van der Waals surface area contributed by atoms with E-state index in [1.165, 1.54) is 27.7 Å². The summed E-state index contributed by atoms with van der Waals surface area (Å²) in [5.41, 5.74) is 1.27. The van der Waals surface area contributed by atoms with Crippen molar-refractivity contribution >= 4 is 40.0 Å². The molecule has 0 radical (unpaired) electrons. The monoisotopic (exact) mass is 392 g/mol. The number of carbonyl (C=O) groups is 1. The third-order valence-electron chi connectivity index (χ3n) is 3.75. The van der Waals surface area contributed by atoms with Crippen molar-refractivity contribution in [1.82, 2.24) is 9.55 Å². The Balaban J connectivity index is 0.00000208. The molecule has 24 heavy (non-hydrogen) atoms. The topological polar surface area (TPSA) is 55.1 Å². The second-order valence-corrected chi connectivity index (χ2v) is 7.61. The smallest absolute Gasteiger partial charge is 0.304 e. The lowest BCUT2D eigenvalue weighted by Gasteiger charge is -2.14. The van der Waals surface area contributed by atoms with Crippen LogP contribution >= 0.6 is 34.0 Å². The van der Waals surface area contributed by atoms with Crippen LogP contribution in [-0.2, 0) is 17.6 Å². The number of hydrogen-bond acceptors (Lipinski definition) is 4. The van der Waals surface area contributed by atoms with Crippen molar-refractivity contribution in [2.24, 2.45) is 0 Å². The van der Waals surface area contributed by atoms with E-state index < -0.39 is 17.6 Å². The highest BCUT2D eigenvalue weighted by atomic mass is 35.5. The fourth-order valence-electron chi connectivity index (χ4n) is 2.67. The molecule has 1 N–H and O–H groups in total. The van der Waals surface area contributed by atoms with Crippen molar-refractivity contribution in [3.63, 3.8) is 0 Å². The average Bonchev–Trinajstić information content (AvgIpc) is 3.13. The molecule has 1 aromatic heterocycles. The van der Waals surface area contributed by atoms with Gasteiger partial charge in [-0.25, -0.2) is 13.8 Å². The lowest BCUT2D eigenvalue weighted by molar-refractivity contribution is -0.136. The van der Waals surface area contributed by atoms with E-state index in [0.29, 0.717) is 24.2 Å². The van der Waals surface area contributed by atoms with E-state index in [2.05, 4.69) is 4.98 Å². The maximum Gasteiger partial charge on any atom is 0.304 e. The first-order valence-electron chi connectivity index (χ1n) is 7.06. The number of aliphatic carboxylic acids is 1. The van der Waals surface area contributed by atoms with Crippen molar-refractivity contribution in [1.29, 1.82) is 0 Å². The minimum absolute atomic E-state index is 0. The van der Waals surface area contributed by atoms with Gasteiger partial charge in [0, 0.05) is 24.2 Å². The molecule has 9 heteroatoms. The van der Waals surface area contributed by atoms with Crippen LogP contribution in [0.3, 0.4) is 0 Å². The Bertz CT molecular complexity index is 742. The third-order valence-corrected chi connectivity index (χ3v) is 6.00. The molecule has 0 bridgehead atoms. The normalized spacial score (nSPS) is 15.8. The van der Waals surface area contributed by atoms with Crippen LogP contribution in [0.1, 0.15) is 23.6 Å². The molecule has 0 fully saturated rings. The van der Waals surface area contributed by atoms with Gasteiger partial charge in [0.05, 0.1) is 6.42 Å². The van der Waals surface area contributed by atoms with Crippen LogP contribution in [0, 0.1) is 11.6 Å². The van der Waals surface area contributed by atoms with Crippen LogP contribution < -0.4 is 0 Å². The van der Waals surface area contributed by atoms with Crippen molar-refractivity contribution in [3.8, 4) is 0 Å². The lowest BCUT2D eigenvalue weighted by atomic mass is 10.1. The molecule has 2 aromatic rings. The number of hydrogen-bond donors (Lipinski definition) is 1. The van der Waals surface area contributed by atoms with E-state index >= 15 is 0 Å². The van der Waals surface area contributed by atoms with E-state index in [4.69, 9.17) is 5.11 Å². The highest BCUT2D eigenvalue weighted by molar-refractivity contribution is 8.76. The molecule has 1 aromatic carbocycles. The molecule has 0 spiro atoms. The summed E-state index contributed by atoms with van der Waals surface area (Å²) in [4.78, 5) is 14.8. The molecule has 3 rings (SSSR count). The number of aromatic nitrogens is 2. The number of fused-ring (bicyclic) bond motifs is 1. The second-order valence-electron chi connectivity index (χ2n) is 5.23. The number of halogens is 3. The van der Waals surface area contributed by atoms with Gasteiger partial charge in [-0.05, 0) is 40.8 Å². The van der Waals surface area contributed by atoms with E-state index in [1.807, 2.05) is 10.8 Å². The summed E-state index contributed by atoms with van der Waals surface area (Å²) in [5.74, 6) is -1.91. The highest BCUT2D eigenvalue weighted by Gasteiger charge is 2.28. The molecule has 4 nitrogen and oxygen atoms in total. The van der Waals surface area contributed by atoms with Gasteiger partial charge in [0.1, 0.15) is 0 Å². The van der Waals surface area contributed by atoms with Gasteiger partial charge in [-0.3, -0.25) is 4.79 Å². The van der Waals surface area contributed by atoms with Crippen LogP contribution in [0.5, 0.6) is 0 Å². The number of nitrogens with zero attached hydrogens (tertiary/aromatic N) is 2. The predicted octanol–water partition coefficient (Wildman–Crippen LogP) is 4.14. The van der Waals surface area contributed by atoms with Crippen LogP contribution in [0.25, 0.3) is 0 Å². The van der Waals surface area contributed by atoms with Gasteiger partial charge in [0.15, 0.2) is 16.8 Å². The average molecular weight is 393 g/mol. The van der Waals surface area contributed by atoms with Crippen LogP contribution in [-0.4, -0.2) is 26.4 Å². The van der Waals surface area contributed by atoms with Gasteiger partial charge in [-0.15, -0.1) is 12.4 Å². The van der Waals surface area contributed by atoms with Gasteiger partial charge < -0.3 is 9.67 Å². The number of carboxylic acids is 1. The summed E-state index contributed by atoms with van der Waals surface area (Å²) in [7, 11) is 2.83. The standard InChI is InChI=1S/C15H14F2N2O2S2.ClH/c16-12-2-1-9-7-10(8-11(9)14(12)17)19-5-4-18-15(19)23-22-6-3-13(20)21;/h1-2,4-5,10H,3,6-8H2,(H,20,21);1H. The fraction of sp³-hybridized carbons (Fsp3) is 0.333. The largest absolute Gasteiger partial charge is 0.481 e. The van der Waals surface area contributed by atoms with Crippen LogP contribution in [0.4, 0.5) is 8.78 Å². The molecule has 1 aliphatic carbocycles. The summed E-state index contributed by atoms with van der Waals surface area (Å²) in [5, 5.41) is 9.39. The van der Waals surface area contributed by atoms with Crippen molar-refractivity contribution in [2.75, 3.05) is 5.75 Å². The number of imidazole rings is 1. The minimum atomic E-state index is -0.829. The molecular weight excluding hydrogens is 378 g/mol. The van der Waals surface area contributed by atoms with Crippen molar-refractivity contribution < 1.29 is 18.7 Å². The fourth-order valence-corrected chi connectivity index (χ4v) is 4.72. The molecule has 1 unspecified atom stereocenters. The molecule has 1 atom stereocenters. The molecule has 0 amide bonds. The maximum atomic E-state index is 13.9. The summed E-state index contributed by atoms with van der Waals surface area (Å²) in [6, 6.07) is 2.81. The predicted molar refractivity (Wildman–Crippen MR) is 92.8 cm³/mol. The summed E-state index contributed by atoms with van der Waals surface area (Å²) >= 11 is 0. The first kappa shape index (κ1) is 19.1. The van der Waals surface area contributed by atoms with Crippen molar-refractivity contribution in [2.45, 2.75) is 30.5 Å². The molecule has 0 saturated heterocycles. The zero-order valence-corrected chi connectivity index (χ0v) is 14.9. The number of benzene rings is 1. The van der Waals surface area contributed by atoms with Gasteiger partial charge >= 0.3 is 5.97 Å². The van der Waals surface area contributed by atoms with Gasteiger partial charge in [-0.1, -0.05) is 16.9 Å². The number of carboxylic acid groups (broad SMARTS) is 1. The summed E-state index contributed by atoms with van der Waals surface area (Å²) < 4.78 is 29.2. The molecule has 130 valence electrons. The van der Waals surface area contributed by atoms with Crippen LogP contribution in [0.2, 0.25) is 0 Å². The lowest BCUT2D eigenvalue weighted by Crippen LogP contribution is -2.09. The molecule has 1 heterocycles. The van der Waals surface area contributed by atoms with E-state index in [9.17, 15) is 13.6 Å². The first-order valence-corrected chi connectivity index (χ1v) is 9.38. The van der Waals surface area contributed by atoms with Gasteiger partial charge in [-0.2, -0.15) is 0 Å². The van der Waals surface area contributed by atoms with Crippen molar-refractivity contribution in [3.05, 3.63) is 47.3 Å². The highest BCUT2D eigenvalue weighted by Crippen LogP contribution is 2.37. The zero-order valence-electron chi connectivity index (χ0n) is 12.4. The Labute approximate surface area is 151 Å². The van der Waals surface area contributed by atoms with Crippen LogP contribution in [0.15, 0.2) is 29.7 Å². The van der Waals surface area contributed by atoms with E-state index in [1.54, 1.807) is 12.3 Å². The molecule has 1 aliphatic rings. The summed E-state index contributed by atoms with van der Waals surface area (Å²) in [6.45, 7) is 0. The van der Waals surface area contributed by atoms with E-state index in [0.717, 1.165) is 10.7 Å². The Morgan fingerprint density at radius 2 is 2.17 bits per heavy atom.